The van der Waals surface area contributed by atoms with E-state index >= 15 is 0 Å². The van der Waals surface area contributed by atoms with E-state index in [1.165, 1.54) is 18.3 Å². The van der Waals surface area contributed by atoms with Gasteiger partial charge >= 0.3 is 0 Å². The van der Waals surface area contributed by atoms with Gasteiger partial charge in [-0.2, -0.15) is 5.26 Å². The molecule has 1 amide bonds. The van der Waals surface area contributed by atoms with Crippen molar-refractivity contribution in [1.29, 1.82) is 5.26 Å². The number of carbonyl (C=O) groups is 1. The molecule has 138 valence electrons. The molecule has 0 aromatic heterocycles. The zero-order valence-corrected chi connectivity index (χ0v) is 15.0. The van der Waals surface area contributed by atoms with Gasteiger partial charge in [-0.15, -0.1) is 0 Å². The largest absolute Gasteiger partial charge is 0.494 e. The lowest BCUT2D eigenvalue weighted by Crippen LogP contribution is -2.15. The minimum absolute atomic E-state index is 0.0399. The first kappa shape index (κ1) is 19.8. The molecular weight excluding hydrogens is 372 g/mol. The SMILES string of the molecule is CCOc1ccc(N/C=C(/C#N)C(=O)Nc2cc([N+](=O)[O-])ccc2Cl)cc1. The summed E-state index contributed by atoms with van der Waals surface area (Å²) in [7, 11) is 0. The van der Waals surface area contributed by atoms with Gasteiger partial charge in [-0.1, -0.05) is 11.6 Å². The fraction of sp³-hybridized carbons (Fsp3) is 0.111. The second-order valence-electron chi connectivity index (χ2n) is 5.15. The Kier molecular flexibility index (Phi) is 6.74. The second-order valence-corrected chi connectivity index (χ2v) is 5.55. The summed E-state index contributed by atoms with van der Waals surface area (Å²) in [5.74, 6) is -0.0519. The van der Waals surface area contributed by atoms with Crippen molar-refractivity contribution in [3.63, 3.8) is 0 Å². The Balaban J connectivity index is 2.11. The molecule has 0 radical (unpaired) electrons. The minimum Gasteiger partial charge on any atom is -0.494 e. The summed E-state index contributed by atoms with van der Waals surface area (Å²) in [5.41, 5.74) is 0.224. The van der Waals surface area contributed by atoms with Crippen LogP contribution in [0, 0.1) is 21.4 Å². The first-order valence-corrected chi connectivity index (χ1v) is 8.17. The molecule has 9 heteroatoms. The van der Waals surface area contributed by atoms with Crippen molar-refractivity contribution >= 4 is 34.6 Å². The van der Waals surface area contributed by atoms with Crippen LogP contribution in [0.3, 0.4) is 0 Å². The van der Waals surface area contributed by atoms with Gasteiger partial charge in [0.05, 0.1) is 22.2 Å². The number of carbonyl (C=O) groups excluding carboxylic acids is 1. The lowest BCUT2D eigenvalue weighted by atomic mass is 10.2. The van der Waals surface area contributed by atoms with Gasteiger partial charge in [0.2, 0.25) is 0 Å². The molecule has 2 aromatic rings. The van der Waals surface area contributed by atoms with Crippen LogP contribution in [0.5, 0.6) is 5.75 Å². The number of benzene rings is 2. The third-order valence-corrected chi connectivity index (χ3v) is 3.65. The van der Waals surface area contributed by atoms with Crippen LogP contribution in [-0.2, 0) is 4.79 Å². The summed E-state index contributed by atoms with van der Waals surface area (Å²) >= 11 is 5.94. The van der Waals surface area contributed by atoms with E-state index in [0.717, 1.165) is 6.07 Å². The van der Waals surface area contributed by atoms with Crippen LogP contribution in [0.1, 0.15) is 6.92 Å². The van der Waals surface area contributed by atoms with Crippen LogP contribution in [0.2, 0.25) is 5.02 Å². The number of nitrogens with one attached hydrogen (secondary N) is 2. The van der Waals surface area contributed by atoms with Gasteiger partial charge in [0.1, 0.15) is 17.4 Å². The molecule has 2 N–H and O–H groups in total. The summed E-state index contributed by atoms with van der Waals surface area (Å²) in [6, 6.07) is 12.3. The maximum absolute atomic E-state index is 12.2. The molecule has 2 rings (SSSR count). The molecule has 0 aliphatic rings. The first-order chi connectivity index (χ1) is 12.9. The summed E-state index contributed by atoms with van der Waals surface area (Å²) < 4.78 is 5.33. The molecule has 8 nitrogen and oxygen atoms in total. The maximum Gasteiger partial charge on any atom is 0.271 e. The average molecular weight is 387 g/mol. The normalized spacial score (nSPS) is 10.6. The summed E-state index contributed by atoms with van der Waals surface area (Å²) in [6.45, 7) is 2.42. The van der Waals surface area contributed by atoms with E-state index < -0.39 is 10.8 Å². The monoisotopic (exact) mass is 386 g/mol. The highest BCUT2D eigenvalue weighted by molar-refractivity contribution is 6.34. The van der Waals surface area contributed by atoms with E-state index in [0.29, 0.717) is 18.0 Å². The number of nitro groups is 1. The number of hydrogen-bond donors (Lipinski definition) is 2. The minimum atomic E-state index is -0.752. The van der Waals surface area contributed by atoms with E-state index in [2.05, 4.69) is 10.6 Å². The molecule has 0 saturated carbocycles. The van der Waals surface area contributed by atoms with Crippen molar-refractivity contribution < 1.29 is 14.5 Å². The Morgan fingerprint density at radius 1 is 1.33 bits per heavy atom. The molecular formula is C18H15ClN4O4. The standard InChI is InChI=1S/C18H15ClN4O4/c1-2-27-15-6-3-13(4-7-15)21-11-12(10-20)18(24)22-17-9-14(23(25)26)5-8-16(17)19/h3-9,11,21H,2H2,1H3,(H,22,24)/b12-11-. The summed E-state index contributed by atoms with van der Waals surface area (Å²) in [4.78, 5) is 22.5. The van der Waals surface area contributed by atoms with E-state index in [1.807, 2.05) is 6.92 Å². The van der Waals surface area contributed by atoms with Crippen LogP contribution in [0.15, 0.2) is 54.2 Å². The molecule has 0 spiro atoms. The quantitative estimate of drug-likeness (QED) is 0.320. The highest BCUT2D eigenvalue weighted by Gasteiger charge is 2.15. The van der Waals surface area contributed by atoms with Crippen molar-refractivity contribution in [2.75, 3.05) is 17.2 Å². The van der Waals surface area contributed by atoms with Crippen LogP contribution in [0.25, 0.3) is 0 Å². The number of anilines is 2. The van der Waals surface area contributed by atoms with Crippen LogP contribution in [-0.4, -0.2) is 17.4 Å². The number of nitro benzene ring substituents is 1. The molecule has 0 fully saturated rings. The zero-order valence-electron chi connectivity index (χ0n) is 14.2. The smallest absolute Gasteiger partial charge is 0.271 e. The predicted octanol–water partition coefficient (Wildman–Crippen LogP) is 4.10. The fourth-order valence-electron chi connectivity index (χ4n) is 2.03. The maximum atomic E-state index is 12.2. The fourth-order valence-corrected chi connectivity index (χ4v) is 2.20. The number of rotatable bonds is 7. The summed E-state index contributed by atoms with van der Waals surface area (Å²) in [6.07, 6.45) is 1.23. The van der Waals surface area contributed by atoms with E-state index in [4.69, 9.17) is 16.3 Å². The molecule has 0 heterocycles. The molecule has 0 bridgehead atoms. The second kappa shape index (κ2) is 9.22. The number of ether oxygens (including phenoxy) is 1. The molecule has 27 heavy (non-hydrogen) atoms. The van der Waals surface area contributed by atoms with E-state index in [9.17, 15) is 20.2 Å². The van der Waals surface area contributed by atoms with Crippen molar-refractivity contribution in [3.8, 4) is 11.8 Å². The van der Waals surface area contributed by atoms with Crippen LogP contribution < -0.4 is 15.4 Å². The predicted molar refractivity (Wildman–Crippen MR) is 102 cm³/mol. The lowest BCUT2D eigenvalue weighted by molar-refractivity contribution is -0.384. The van der Waals surface area contributed by atoms with Gasteiger partial charge in [0, 0.05) is 24.0 Å². The highest BCUT2D eigenvalue weighted by Crippen LogP contribution is 2.27. The number of non-ortho nitro benzene ring substituents is 1. The Morgan fingerprint density at radius 2 is 2.04 bits per heavy atom. The van der Waals surface area contributed by atoms with Crippen LogP contribution in [0.4, 0.5) is 17.1 Å². The highest BCUT2D eigenvalue weighted by atomic mass is 35.5. The number of nitriles is 1. The molecule has 0 aliphatic heterocycles. The van der Waals surface area contributed by atoms with Crippen LogP contribution >= 0.6 is 11.6 Å². The number of nitrogens with zero attached hydrogens (tertiary/aromatic N) is 2. The Bertz CT molecular complexity index is 920. The topological polar surface area (TPSA) is 117 Å². The third-order valence-electron chi connectivity index (χ3n) is 3.32. The van der Waals surface area contributed by atoms with Gasteiger partial charge in [-0.05, 0) is 37.3 Å². The Morgan fingerprint density at radius 3 is 2.63 bits per heavy atom. The van der Waals surface area contributed by atoms with E-state index in [-0.39, 0.29) is 22.0 Å². The Hall–Kier alpha value is -3.57. The van der Waals surface area contributed by atoms with Crippen molar-refractivity contribution in [2.45, 2.75) is 6.92 Å². The van der Waals surface area contributed by atoms with Gasteiger partial charge in [-0.25, -0.2) is 0 Å². The zero-order chi connectivity index (χ0) is 19.8. The molecule has 0 atom stereocenters. The number of halogens is 1. The van der Waals surface area contributed by atoms with Gasteiger partial charge in [0.25, 0.3) is 11.6 Å². The van der Waals surface area contributed by atoms with Crippen molar-refractivity contribution in [2.24, 2.45) is 0 Å². The first-order valence-electron chi connectivity index (χ1n) is 7.79. The van der Waals surface area contributed by atoms with Crippen molar-refractivity contribution in [3.05, 3.63) is 69.4 Å². The van der Waals surface area contributed by atoms with E-state index in [1.54, 1.807) is 30.3 Å². The van der Waals surface area contributed by atoms with Gasteiger partial charge < -0.3 is 15.4 Å². The molecule has 0 saturated heterocycles. The van der Waals surface area contributed by atoms with Gasteiger partial charge in [-0.3, -0.25) is 14.9 Å². The Labute approximate surface area is 160 Å². The molecule has 0 aliphatic carbocycles. The van der Waals surface area contributed by atoms with Crippen molar-refractivity contribution in [1.82, 2.24) is 0 Å². The number of hydrogen-bond acceptors (Lipinski definition) is 6. The summed E-state index contributed by atoms with van der Waals surface area (Å²) in [5, 5.41) is 25.4. The number of amides is 1. The molecule has 0 unspecified atom stereocenters. The third kappa shape index (κ3) is 5.45. The average Bonchev–Trinajstić information content (AvgIpc) is 2.65. The van der Waals surface area contributed by atoms with Gasteiger partial charge in [0.15, 0.2) is 0 Å². The lowest BCUT2D eigenvalue weighted by Gasteiger charge is -2.07. The molecule has 2 aromatic carbocycles.